The van der Waals surface area contributed by atoms with E-state index in [1.165, 1.54) is 0 Å². The molecule has 3 aromatic rings. The predicted octanol–water partition coefficient (Wildman–Crippen LogP) is 2.35. The third-order valence-electron chi connectivity index (χ3n) is 4.80. The zero-order chi connectivity index (χ0) is 17.2. The number of aromatic amines is 1. The second kappa shape index (κ2) is 6.72. The van der Waals surface area contributed by atoms with Gasteiger partial charge in [-0.05, 0) is 18.6 Å². The Kier molecular flexibility index (Phi) is 4.28. The summed E-state index contributed by atoms with van der Waals surface area (Å²) in [6.45, 7) is 5.92. The van der Waals surface area contributed by atoms with Gasteiger partial charge in [0.05, 0.1) is 18.7 Å². The molecule has 1 N–H and O–H groups in total. The number of piperazine rings is 1. The van der Waals surface area contributed by atoms with Crippen LogP contribution in [-0.2, 0) is 17.8 Å². The van der Waals surface area contributed by atoms with E-state index < -0.39 is 0 Å². The topological polar surface area (TPSA) is 65.4 Å². The van der Waals surface area contributed by atoms with Crippen LogP contribution in [0.5, 0.6) is 0 Å². The predicted molar refractivity (Wildman–Crippen MR) is 95.1 cm³/mol. The molecule has 1 fully saturated rings. The maximum atomic E-state index is 12.6. The van der Waals surface area contributed by atoms with Gasteiger partial charge in [-0.2, -0.15) is 0 Å². The molecule has 0 aliphatic carbocycles. The van der Waals surface area contributed by atoms with Gasteiger partial charge in [0.2, 0.25) is 5.91 Å². The number of hydrogen-bond donors (Lipinski definition) is 1. The molecule has 2 aromatic heterocycles. The molecule has 1 aliphatic heterocycles. The third kappa shape index (κ3) is 3.44. The van der Waals surface area contributed by atoms with Crippen molar-refractivity contribution in [1.82, 2.24) is 19.9 Å². The maximum absolute atomic E-state index is 12.6. The second-order valence-electron chi connectivity index (χ2n) is 6.63. The fraction of sp³-hybridized carbons (Fsp3) is 0.368. The fourth-order valence-corrected chi connectivity index (χ4v) is 3.42. The van der Waals surface area contributed by atoms with Gasteiger partial charge in [-0.3, -0.25) is 9.69 Å². The molecule has 0 unspecified atom stereocenters. The first kappa shape index (κ1) is 15.9. The van der Waals surface area contributed by atoms with E-state index in [0.717, 1.165) is 60.6 Å². The largest absolute Gasteiger partial charge is 0.361 e. The van der Waals surface area contributed by atoms with E-state index >= 15 is 0 Å². The zero-order valence-electron chi connectivity index (χ0n) is 14.4. The van der Waals surface area contributed by atoms with Crippen molar-refractivity contribution in [2.24, 2.45) is 0 Å². The zero-order valence-corrected chi connectivity index (χ0v) is 14.4. The van der Waals surface area contributed by atoms with Crippen LogP contribution in [-0.4, -0.2) is 52.0 Å². The Morgan fingerprint density at radius 1 is 1.24 bits per heavy atom. The normalized spacial score (nSPS) is 15.8. The van der Waals surface area contributed by atoms with Crippen molar-refractivity contribution >= 4 is 16.8 Å². The van der Waals surface area contributed by atoms with Crippen molar-refractivity contribution in [3.05, 3.63) is 53.5 Å². The van der Waals surface area contributed by atoms with Crippen LogP contribution < -0.4 is 0 Å². The van der Waals surface area contributed by atoms with Gasteiger partial charge in [-0.25, -0.2) is 0 Å². The number of aromatic nitrogens is 2. The summed E-state index contributed by atoms with van der Waals surface area (Å²) in [5.41, 5.74) is 3.06. The first-order valence-electron chi connectivity index (χ1n) is 8.66. The summed E-state index contributed by atoms with van der Waals surface area (Å²) in [5, 5.41) is 5.06. The monoisotopic (exact) mass is 338 g/mol. The first-order valence-corrected chi connectivity index (χ1v) is 8.66. The van der Waals surface area contributed by atoms with E-state index in [4.69, 9.17) is 4.52 Å². The fourth-order valence-electron chi connectivity index (χ4n) is 3.42. The highest BCUT2D eigenvalue weighted by Crippen LogP contribution is 2.19. The summed E-state index contributed by atoms with van der Waals surface area (Å²) in [6, 6.07) is 10.1. The van der Waals surface area contributed by atoms with E-state index in [1.807, 2.05) is 42.3 Å². The average molecular weight is 338 g/mol. The standard InChI is InChI=1S/C19H22N4O2/c1-14-10-16(25-21-14)13-22-6-8-23(9-7-22)19(24)11-15-12-20-18-5-3-2-4-17(15)18/h2-5,10,12,20H,6-9,11,13H2,1H3. The van der Waals surface area contributed by atoms with Crippen molar-refractivity contribution in [3.8, 4) is 0 Å². The lowest BCUT2D eigenvalue weighted by atomic mass is 10.1. The maximum Gasteiger partial charge on any atom is 0.227 e. The summed E-state index contributed by atoms with van der Waals surface area (Å²) >= 11 is 0. The Balaban J connectivity index is 1.33. The molecule has 0 saturated carbocycles. The van der Waals surface area contributed by atoms with Crippen LogP contribution in [0.4, 0.5) is 0 Å². The van der Waals surface area contributed by atoms with Crippen molar-refractivity contribution in [1.29, 1.82) is 0 Å². The summed E-state index contributed by atoms with van der Waals surface area (Å²) in [5.74, 6) is 1.08. The number of rotatable bonds is 4. The molecule has 0 radical (unpaired) electrons. The molecule has 0 spiro atoms. The van der Waals surface area contributed by atoms with Crippen molar-refractivity contribution in [3.63, 3.8) is 0 Å². The van der Waals surface area contributed by atoms with Gasteiger partial charge in [-0.15, -0.1) is 0 Å². The molecule has 1 aromatic carbocycles. The van der Waals surface area contributed by atoms with E-state index in [9.17, 15) is 4.79 Å². The van der Waals surface area contributed by atoms with Crippen LogP contribution in [0.1, 0.15) is 17.0 Å². The second-order valence-corrected chi connectivity index (χ2v) is 6.63. The third-order valence-corrected chi connectivity index (χ3v) is 4.80. The molecule has 1 aliphatic rings. The molecule has 25 heavy (non-hydrogen) atoms. The number of H-pyrrole nitrogens is 1. The van der Waals surface area contributed by atoms with Crippen LogP contribution in [0, 0.1) is 6.92 Å². The molecule has 4 rings (SSSR count). The van der Waals surface area contributed by atoms with Crippen molar-refractivity contribution in [2.75, 3.05) is 26.2 Å². The minimum absolute atomic E-state index is 0.194. The number of carbonyl (C=O) groups excluding carboxylic acids is 1. The first-order chi connectivity index (χ1) is 12.2. The summed E-state index contributed by atoms with van der Waals surface area (Å²) in [7, 11) is 0. The SMILES string of the molecule is Cc1cc(CN2CCN(C(=O)Cc3c[nH]c4ccccc34)CC2)on1. The molecule has 130 valence electrons. The molecular formula is C19H22N4O2. The number of para-hydroxylation sites is 1. The van der Waals surface area contributed by atoms with Crippen molar-refractivity contribution < 1.29 is 9.32 Å². The number of amides is 1. The molecule has 1 saturated heterocycles. The van der Waals surface area contributed by atoms with Crippen LogP contribution in [0.3, 0.4) is 0 Å². The molecule has 0 atom stereocenters. The number of fused-ring (bicyclic) bond motifs is 1. The van der Waals surface area contributed by atoms with Crippen LogP contribution >= 0.6 is 0 Å². The molecule has 1 amide bonds. The van der Waals surface area contributed by atoms with Gasteiger partial charge in [0.25, 0.3) is 0 Å². The summed E-state index contributed by atoms with van der Waals surface area (Å²) in [6.07, 6.45) is 2.40. The highest BCUT2D eigenvalue weighted by atomic mass is 16.5. The highest BCUT2D eigenvalue weighted by Gasteiger charge is 2.22. The summed E-state index contributed by atoms with van der Waals surface area (Å²) < 4.78 is 5.28. The lowest BCUT2D eigenvalue weighted by molar-refractivity contribution is -0.132. The number of carbonyl (C=O) groups is 1. The number of benzene rings is 1. The minimum Gasteiger partial charge on any atom is -0.361 e. The Labute approximate surface area is 146 Å². The molecular weight excluding hydrogens is 316 g/mol. The van der Waals surface area contributed by atoms with E-state index in [1.54, 1.807) is 0 Å². The molecule has 6 heteroatoms. The Bertz CT molecular complexity index is 874. The van der Waals surface area contributed by atoms with Gasteiger partial charge >= 0.3 is 0 Å². The van der Waals surface area contributed by atoms with Crippen molar-refractivity contribution in [2.45, 2.75) is 19.9 Å². The van der Waals surface area contributed by atoms with Crippen LogP contribution in [0.25, 0.3) is 10.9 Å². The quantitative estimate of drug-likeness (QED) is 0.793. The number of aryl methyl sites for hydroxylation is 1. The minimum atomic E-state index is 0.194. The van der Waals surface area contributed by atoms with Crippen LogP contribution in [0.15, 0.2) is 41.1 Å². The van der Waals surface area contributed by atoms with Crippen LogP contribution in [0.2, 0.25) is 0 Å². The Morgan fingerprint density at radius 2 is 2.04 bits per heavy atom. The Morgan fingerprint density at radius 3 is 2.80 bits per heavy atom. The average Bonchev–Trinajstić information content (AvgIpc) is 3.22. The van der Waals surface area contributed by atoms with E-state index in [0.29, 0.717) is 6.42 Å². The smallest absolute Gasteiger partial charge is 0.227 e. The van der Waals surface area contributed by atoms with E-state index in [2.05, 4.69) is 21.1 Å². The van der Waals surface area contributed by atoms with Gasteiger partial charge in [0.1, 0.15) is 0 Å². The Hall–Kier alpha value is -2.60. The number of hydrogen-bond acceptors (Lipinski definition) is 4. The number of nitrogens with one attached hydrogen (secondary N) is 1. The lowest BCUT2D eigenvalue weighted by Crippen LogP contribution is -2.48. The van der Waals surface area contributed by atoms with Gasteiger partial charge in [0, 0.05) is 49.3 Å². The molecule has 6 nitrogen and oxygen atoms in total. The van der Waals surface area contributed by atoms with E-state index in [-0.39, 0.29) is 5.91 Å². The van der Waals surface area contributed by atoms with Gasteiger partial charge in [0.15, 0.2) is 5.76 Å². The molecule has 0 bridgehead atoms. The summed E-state index contributed by atoms with van der Waals surface area (Å²) in [4.78, 5) is 20.1. The number of nitrogens with zero attached hydrogens (tertiary/aromatic N) is 3. The lowest BCUT2D eigenvalue weighted by Gasteiger charge is -2.34. The van der Waals surface area contributed by atoms with Gasteiger partial charge in [-0.1, -0.05) is 23.4 Å². The highest BCUT2D eigenvalue weighted by molar-refractivity contribution is 5.88. The molecule has 3 heterocycles. The van der Waals surface area contributed by atoms with Gasteiger partial charge < -0.3 is 14.4 Å².